The van der Waals surface area contributed by atoms with Gasteiger partial charge in [0.05, 0.1) is 6.61 Å². The Bertz CT molecular complexity index is 411. The Labute approximate surface area is 136 Å². The van der Waals surface area contributed by atoms with E-state index in [4.69, 9.17) is 14.2 Å². The van der Waals surface area contributed by atoms with Crippen molar-refractivity contribution in [3.8, 4) is 0 Å². The maximum Gasteiger partial charge on any atom is 0.346 e. The van der Waals surface area contributed by atoms with Gasteiger partial charge >= 0.3 is 11.9 Å². The molecule has 22 heavy (non-hydrogen) atoms. The lowest BCUT2D eigenvalue weighted by Gasteiger charge is -2.37. The third-order valence-electron chi connectivity index (χ3n) is 4.38. The third-order valence-corrected chi connectivity index (χ3v) is 5.49. The highest BCUT2D eigenvalue weighted by Crippen LogP contribution is 2.37. The number of carbonyl (C=O) groups is 2. The van der Waals surface area contributed by atoms with Gasteiger partial charge in [-0.1, -0.05) is 39.0 Å². The highest BCUT2D eigenvalue weighted by atomic mass is 32.2. The van der Waals surface area contributed by atoms with Crippen LogP contribution in [-0.2, 0) is 23.8 Å². The summed E-state index contributed by atoms with van der Waals surface area (Å²) < 4.78 is 16.2. The molecule has 1 heterocycles. The minimum atomic E-state index is -0.686. The van der Waals surface area contributed by atoms with Crippen molar-refractivity contribution in [2.75, 3.05) is 6.61 Å². The fraction of sp³-hybridized carbons (Fsp3) is 0.875. The maximum atomic E-state index is 12.3. The molecule has 126 valence electrons. The summed E-state index contributed by atoms with van der Waals surface area (Å²) in [4.78, 5) is 23.3. The molecule has 0 radical (unpaired) electrons. The van der Waals surface area contributed by atoms with Gasteiger partial charge < -0.3 is 14.2 Å². The first kappa shape index (κ1) is 17.6. The number of carbonyl (C=O) groups excluding carboxylic acids is 2. The molecule has 0 N–H and O–H groups in total. The van der Waals surface area contributed by atoms with E-state index >= 15 is 0 Å². The quantitative estimate of drug-likeness (QED) is 0.739. The highest BCUT2D eigenvalue weighted by Gasteiger charge is 2.39. The zero-order valence-corrected chi connectivity index (χ0v) is 14.6. The van der Waals surface area contributed by atoms with Crippen molar-refractivity contribution in [3.63, 3.8) is 0 Å². The summed E-state index contributed by atoms with van der Waals surface area (Å²) in [5.74, 6) is 0.784. The lowest BCUT2D eigenvalue weighted by Crippen LogP contribution is -2.37. The topological polar surface area (TPSA) is 61.8 Å². The van der Waals surface area contributed by atoms with Crippen molar-refractivity contribution in [2.24, 2.45) is 17.8 Å². The van der Waals surface area contributed by atoms with Crippen molar-refractivity contribution in [3.05, 3.63) is 0 Å². The normalized spacial score (nSPS) is 35.4. The molecule has 5 atom stereocenters. The molecule has 5 nitrogen and oxygen atoms in total. The average Bonchev–Trinajstić information content (AvgIpc) is 2.86. The monoisotopic (exact) mass is 330 g/mol. The molecule has 0 amide bonds. The van der Waals surface area contributed by atoms with Crippen molar-refractivity contribution >= 4 is 23.7 Å². The molecule has 0 spiro atoms. The molecule has 2 fully saturated rings. The van der Waals surface area contributed by atoms with Crippen LogP contribution in [0.3, 0.4) is 0 Å². The van der Waals surface area contributed by atoms with Crippen molar-refractivity contribution in [1.29, 1.82) is 0 Å². The van der Waals surface area contributed by atoms with Gasteiger partial charge in [0.25, 0.3) is 0 Å². The first-order valence-electron chi connectivity index (χ1n) is 8.01. The molecule has 1 saturated carbocycles. The van der Waals surface area contributed by atoms with Crippen LogP contribution >= 0.6 is 11.8 Å². The van der Waals surface area contributed by atoms with E-state index in [9.17, 15) is 9.59 Å². The van der Waals surface area contributed by atoms with Gasteiger partial charge in [0.1, 0.15) is 6.10 Å². The van der Waals surface area contributed by atoms with E-state index in [1.165, 1.54) is 25.1 Å². The van der Waals surface area contributed by atoms with Gasteiger partial charge in [0.15, 0.2) is 5.44 Å². The molecule has 2 aliphatic rings. The Morgan fingerprint density at radius 1 is 1.23 bits per heavy atom. The summed E-state index contributed by atoms with van der Waals surface area (Å²) in [6.07, 6.45) is 3.18. The van der Waals surface area contributed by atoms with Gasteiger partial charge in [0.2, 0.25) is 5.44 Å². The van der Waals surface area contributed by atoms with Crippen LogP contribution in [0.1, 0.15) is 47.0 Å². The van der Waals surface area contributed by atoms with E-state index in [1.54, 1.807) is 0 Å². The minimum absolute atomic E-state index is 0.0341. The standard InChI is InChI=1S/C16H26O5S/c1-9(2)12-6-5-10(3)7-13(12)21-15(18)16-19-8-14(22-16)20-11(4)17/h9-10,12-14,16H,5-8H2,1-4H3/t10-,12+,13+,14+,16+/m1/s1. The van der Waals surface area contributed by atoms with Crippen LogP contribution in [0.5, 0.6) is 0 Å². The minimum Gasteiger partial charge on any atom is -0.459 e. The molecule has 6 heteroatoms. The fourth-order valence-corrected chi connectivity index (χ4v) is 4.16. The van der Waals surface area contributed by atoms with Gasteiger partial charge in [-0.2, -0.15) is 0 Å². The molecule has 0 unspecified atom stereocenters. The van der Waals surface area contributed by atoms with Crippen molar-refractivity contribution in [1.82, 2.24) is 0 Å². The molecule has 1 aliphatic heterocycles. The Hall–Kier alpha value is -0.750. The Morgan fingerprint density at radius 3 is 2.59 bits per heavy atom. The first-order chi connectivity index (χ1) is 10.4. The summed E-state index contributed by atoms with van der Waals surface area (Å²) in [6, 6.07) is 0. The molecule has 0 bridgehead atoms. The number of ether oxygens (including phenoxy) is 3. The van der Waals surface area contributed by atoms with Crippen LogP contribution < -0.4 is 0 Å². The lowest BCUT2D eigenvalue weighted by molar-refractivity contribution is -0.163. The maximum absolute atomic E-state index is 12.3. The summed E-state index contributed by atoms with van der Waals surface area (Å²) >= 11 is 1.21. The van der Waals surface area contributed by atoms with Crippen LogP contribution in [0.2, 0.25) is 0 Å². The number of thioether (sulfide) groups is 1. The number of hydrogen-bond acceptors (Lipinski definition) is 6. The molecule has 0 aromatic rings. The molecular formula is C16H26O5S. The number of esters is 2. The van der Waals surface area contributed by atoms with Crippen LogP contribution in [0.25, 0.3) is 0 Å². The van der Waals surface area contributed by atoms with E-state index in [-0.39, 0.29) is 24.6 Å². The number of rotatable bonds is 4. The summed E-state index contributed by atoms with van der Waals surface area (Å²) in [5, 5.41) is 0. The van der Waals surface area contributed by atoms with Gasteiger partial charge in [-0.3, -0.25) is 4.79 Å². The van der Waals surface area contributed by atoms with Crippen LogP contribution in [-0.4, -0.2) is 35.5 Å². The average molecular weight is 330 g/mol. The van der Waals surface area contributed by atoms with Gasteiger partial charge in [-0.15, -0.1) is 0 Å². The second-order valence-corrected chi connectivity index (χ2v) is 7.87. The van der Waals surface area contributed by atoms with E-state index < -0.39 is 10.9 Å². The van der Waals surface area contributed by atoms with Crippen molar-refractivity contribution in [2.45, 2.75) is 63.9 Å². The predicted molar refractivity (Wildman–Crippen MR) is 84.1 cm³/mol. The Kier molecular flexibility index (Phi) is 6.15. The molecule has 0 aromatic heterocycles. The smallest absolute Gasteiger partial charge is 0.346 e. The first-order valence-corrected chi connectivity index (χ1v) is 8.96. The third kappa shape index (κ3) is 4.62. The van der Waals surface area contributed by atoms with Gasteiger partial charge in [-0.25, -0.2) is 4.79 Å². The zero-order chi connectivity index (χ0) is 16.3. The van der Waals surface area contributed by atoms with Crippen molar-refractivity contribution < 1.29 is 23.8 Å². The molecular weight excluding hydrogens is 304 g/mol. The van der Waals surface area contributed by atoms with Crippen LogP contribution in [0.4, 0.5) is 0 Å². The molecule has 2 rings (SSSR count). The Morgan fingerprint density at radius 2 is 1.95 bits per heavy atom. The predicted octanol–water partition coefficient (Wildman–Crippen LogP) is 2.97. The van der Waals surface area contributed by atoms with Gasteiger partial charge in [-0.05, 0) is 30.6 Å². The Balaban J connectivity index is 1.88. The van der Waals surface area contributed by atoms with E-state index in [1.807, 2.05) is 0 Å². The largest absolute Gasteiger partial charge is 0.459 e. The van der Waals surface area contributed by atoms with E-state index in [2.05, 4.69) is 20.8 Å². The van der Waals surface area contributed by atoms with E-state index in [0.29, 0.717) is 17.8 Å². The lowest BCUT2D eigenvalue weighted by atomic mass is 9.75. The summed E-state index contributed by atoms with van der Waals surface area (Å²) in [7, 11) is 0. The highest BCUT2D eigenvalue weighted by molar-refractivity contribution is 8.01. The second kappa shape index (κ2) is 7.68. The SMILES string of the molecule is CC(=O)O[C@@H]1CO[C@H](C(=O)O[C@H]2C[C@H](C)CC[C@H]2C(C)C)S1. The molecule has 1 saturated heterocycles. The fourth-order valence-electron chi connectivity index (χ4n) is 3.21. The summed E-state index contributed by atoms with van der Waals surface area (Å²) in [5.41, 5.74) is -1.10. The summed E-state index contributed by atoms with van der Waals surface area (Å²) in [6.45, 7) is 8.15. The molecule has 0 aromatic carbocycles. The second-order valence-electron chi connectivity index (χ2n) is 6.64. The van der Waals surface area contributed by atoms with E-state index in [0.717, 1.165) is 12.8 Å². The number of hydrogen-bond donors (Lipinski definition) is 0. The zero-order valence-electron chi connectivity index (χ0n) is 13.7. The van der Waals surface area contributed by atoms with Crippen LogP contribution in [0, 0.1) is 17.8 Å². The van der Waals surface area contributed by atoms with Crippen LogP contribution in [0.15, 0.2) is 0 Å². The van der Waals surface area contributed by atoms with Gasteiger partial charge in [0, 0.05) is 6.92 Å². The molecule has 1 aliphatic carbocycles.